The molecule has 0 saturated carbocycles. The summed E-state index contributed by atoms with van der Waals surface area (Å²) in [7, 11) is 1.76. The van der Waals surface area contributed by atoms with Crippen molar-refractivity contribution in [3.8, 4) is 34.4 Å². The lowest BCUT2D eigenvalue weighted by Crippen LogP contribution is -2.41. The number of hydrogen-bond acceptors (Lipinski definition) is 6. The summed E-state index contributed by atoms with van der Waals surface area (Å²) in [6.45, 7) is 1.12. The van der Waals surface area contributed by atoms with Gasteiger partial charge in [0.1, 0.15) is 31.0 Å². The molecule has 2 N–H and O–H groups in total. The maximum atomic E-state index is 13.6. The first-order valence-electron chi connectivity index (χ1n) is 9.33. The third-order valence-electron chi connectivity index (χ3n) is 5.89. The molecule has 8 nitrogen and oxygen atoms in total. The second-order valence-corrected chi connectivity index (χ2v) is 7.39. The summed E-state index contributed by atoms with van der Waals surface area (Å²) in [5.41, 5.74) is 2.68. The van der Waals surface area contributed by atoms with Gasteiger partial charge in [-0.3, -0.25) is 4.79 Å². The first-order chi connectivity index (χ1) is 14.1. The molecule has 1 atom stereocenters. The molecular formula is C21H17N3O5. The third kappa shape index (κ3) is 1.98. The highest BCUT2D eigenvalue weighted by atomic mass is 16.6. The van der Waals surface area contributed by atoms with Crippen LogP contribution in [0.3, 0.4) is 0 Å². The fourth-order valence-corrected chi connectivity index (χ4v) is 4.60. The van der Waals surface area contributed by atoms with Gasteiger partial charge in [0.2, 0.25) is 11.8 Å². The maximum absolute atomic E-state index is 13.6. The number of likely N-dealkylation sites (N-methyl/N-ethyl adjacent to an activating group) is 1. The Morgan fingerprint density at radius 2 is 1.90 bits per heavy atom. The summed E-state index contributed by atoms with van der Waals surface area (Å²) in [6.07, 6.45) is 0. The Morgan fingerprint density at radius 3 is 2.66 bits per heavy atom. The molecule has 2 aromatic carbocycles. The van der Waals surface area contributed by atoms with Crippen LogP contribution in [0.1, 0.15) is 11.1 Å². The molecule has 0 aliphatic carbocycles. The van der Waals surface area contributed by atoms with Crippen LogP contribution >= 0.6 is 0 Å². The minimum atomic E-state index is -1.01. The molecule has 1 amide bonds. The van der Waals surface area contributed by atoms with E-state index in [1.807, 2.05) is 24.3 Å². The van der Waals surface area contributed by atoms with Gasteiger partial charge in [-0.15, -0.1) is 0 Å². The van der Waals surface area contributed by atoms with Crippen molar-refractivity contribution in [3.05, 3.63) is 47.5 Å². The van der Waals surface area contributed by atoms with Gasteiger partial charge in [-0.2, -0.15) is 5.10 Å². The number of aromatic hydroxyl groups is 1. The highest BCUT2D eigenvalue weighted by Gasteiger charge is 2.57. The van der Waals surface area contributed by atoms with Crippen LogP contribution < -0.4 is 19.1 Å². The predicted octanol–water partition coefficient (Wildman–Crippen LogP) is 2.21. The molecule has 146 valence electrons. The van der Waals surface area contributed by atoms with E-state index in [9.17, 15) is 9.90 Å². The van der Waals surface area contributed by atoms with Gasteiger partial charge in [-0.25, -0.2) is 5.10 Å². The van der Waals surface area contributed by atoms with E-state index in [2.05, 4.69) is 10.2 Å². The predicted molar refractivity (Wildman–Crippen MR) is 103 cm³/mol. The molecule has 3 aliphatic heterocycles. The number of carbonyl (C=O) groups is 1. The first kappa shape index (κ1) is 16.3. The average Bonchev–Trinajstić information content (AvgIpc) is 3.39. The number of anilines is 1. The molecule has 3 aliphatic rings. The SMILES string of the molecule is CN1C(=O)C2(COc3cc4c(cc32)OCCO4)c2c(-c3cc(O)[nH]n3)cccc21. The summed E-state index contributed by atoms with van der Waals surface area (Å²) < 4.78 is 17.4. The lowest BCUT2D eigenvalue weighted by molar-refractivity contribution is -0.121. The number of aromatic amines is 1. The summed E-state index contributed by atoms with van der Waals surface area (Å²) in [5.74, 6) is 1.74. The van der Waals surface area contributed by atoms with Gasteiger partial charge in [0.25, 0.3) is 0 Å². The van der Waals surface area contributed by atoms with Crippen LogP contribution in [0.2, 0.25) is 0 Å². The number of benzene rings is 2. The summed E-state index contributed by atoms with van der Waals surface area (Å²) >= 11 is 0. The molecule has 8 heteroatoms. The summed E-state index contributed by atoms with van der Waals surface area (Å²) in [5, 5.41) is 16.5. The highest BCUT2D eigenvalue weighted by molar-refractivity contribution is 6.13. The minimum Gasteiger partial charge on any atom is -0.494 e. The van der Waals surface area contributed by atoms with Crippen molar-refractivity contribution in [2.75, 3.05) is 31.8 Å². The van der Waals surface area contributed by atoms with Crippen molar-refractivity contribution in [3.63, 3.8) is 0 Å². The largest absolute Gasteiger partial charge is 0.494 e. The van der Waals surface area contributed by atoms with Crippen molar-refractivity contribution in [1.29, 1.82) is 0 Å². The second-order valence-electron chi connectivity index (χ2n) is 7.39. The number of carbonyl (C=O) groups excluding carboxylic acids is 1. The van der Waals surface area contributed by atoms with E-state index in [0.29, 0.717) is 36.2 Å². The number of nitrogens with one attached hydrogen (secondary N) is 1. The molecule has 4 heterocycles. The van der Waals surface area contributed by atoms with Crippen molar-refractivity contribution >= 4 is 11.6 Å². The molecule has 3 aromatic rings. The monoisotopic (exact) mass is 391 g/mol. The van der Waals surface area contributed by atoms with Crippen molar-refractivity contribution in [2.24, 2.45) is 0 Å². The Balaban J connectivity index is 1.64. The van der Waals surface area contributed by atoms with Gasteiger partial charge in [0.05, 0.1) is 5.69 Å². The van der Waals surface area contributed by atoms with Crippen LogP contribution in [-0.4, -0.2) is 48.1 Å². The van der Waals surface area contributed by atoms with E-state index in [1.165, 1.54) is 0 Å². The summed E-state index contributed by atoms with van der Waals surface area (Å²) in [4.78, 5) is 15.3. The van der Waals surface area contributed by atoms with Crippen molar-refractivity contribution in [1.82, 2.24) is 10.2 Å². The zero-order chi connectivity index (χ0) is 19.8. The topological polar surface area (TPSA) is 96.9 Å². The molecule has 0 saturated heterocycles. The van der Waals surface area contributed by atoms with Crippen molar-refractivity contribution < 1.29 is 24.1 Å². The Kier molecular flexibility index (Phi) is 3.05. The average molecular weight is 391 g/mol. The number of fused-ring (bicyclic) bond motifs is 5. The fraction of sp³-hybridized carbons (Fsp3) is 0.238. The third-order valence-corrected chi connectivity index (χ3v) is 5.89. The maximum Gasteiger partial charge on any atom is 0.245 e. The number of nitrogens with zero attached hydrogens (tertiary/aromatic N) is 2. The van der Waals surface area contributed by atoms with Gasteiger partial charge in [-0.1, -0.05) is 12.1 Å². The van der Waals surface area contributed by atoms with Gasteiger partial charge < -0.3 is 24.2 Å². The zero-order valence-electron chi connectivity index (χ0n) is 15.6. The summed E-state index contributed by atoms with van der Waals surface area (Å²) in [6, 6.07) is 10.9. The number of H-pyrrole nitrogens is 1. The van der Waals surface area contributed by atoms with Gasteiger partial charge in [0, 0.05) is 41.6 Å². The minimum absolute atomic E-state index is 0.0352. The van der Waals surface area contributed by atoms with Gasteiger partial charge >= 0.3 is 0 Å². The van der Waals surface area contributed by atoms with Crippen molar-refractivity contribution in [2.45, 2.75) is 5.41 Å². The molecule has 0 fully saturated rings. The highest BCUT2D eigenvalue weighted by Crippen LogP contribution is 2.56. The standard InChI is InChI=1S/C21H17N3O5/c1-24-14-4-2-3-11(13-8-18(25)23-22-13)19(14)21(20(24)26)10-29-15-9-17-16(7-12(15)21)27-5-6-28-17/h2-4,7-9H,5-6,10H2,1H3,(H2,22,23,25). The fourth-order valence-electron chi connectivity index (χ4n) is 4.60. The molecule has 1 spiro atoms. The van der Waals surface area contributed by atoms with E-state index < -0.39 is 5.41 Å². The second kappa shape index (κ2) is 5.44. The van der Waals surface area contributed by atoms with E-state index in [-0.39, 0.29) is 18.4 Å². The van der Waals surface area contributed by atoms with Crippen LogP contribution in [-0.2, 0) is 10.2 Å². The molecule has 0 bridgehead atoms. The zero-order valence-corrected chi connectivity index (χ0v) is 15.6. The molecule has 1 unspecified atom stereocenters. The molecule has 0 radical (unpaired) electrons. The Hall–Kier alpha value is -3.68. The van der Waals surface area contributed by atoms with Crippen LogP contribution in [0.15, 0.2) is 36.4 Å². The van der Waals surface area contributed by atoms with Crippen LogP contribution in [0, 0.1) is 0 Å². The number of hydrogen-bond donors (Lipinski definition) is 2. The number of rotatable bonds is 1. The Morgan fingerprint density at radius 1 is 1.10 bits per heavy atom. The number of ether oxygens (including phenoxy) is 3. The normalized spacial score (nSPS) is 21.3. The molecular weight excluding hydrogens is 374 g/mol. The Bertz CT molecular complexity index is 1190. The lowest BCUT2D eigenvalue weighted by Gasteiger charge is -2.24. The Labute approximate surface area is 165 Å². The number of aromatic nitrogens is 2. The molecule has 1 aromatic heterocycles. The van der Waals surface area contributed by atoms with E-state index >= 15 is 0 Å². The van der Waals surface area contributed by atoms with Gasteiger partial charge in [-0.05, 0) is 12.1 Å². The smallest absolute Gasteiger partial charge is 0.245 e. The van der Waals surface area contributed by atoms with E-state index in [0.717, 1.165) is 22.4 Å². The van der Waals surface area contributed by atoms with E-state index in [1.54, 1.807) is 24.1 Å². The van der Waals surface area contributed by atoms with Gasteiger partial charge in [0.15, 0.2) is 11.5 Å². The number of amides is 1. The quantitative estimate of drug-likeness (QED) is 0.660. The van der Waals surface area contributed by atoms with E-state index in [4.69, 9.17) is 14.2 Å². The molecule has 6 rings (SSSR count). The first-order valence-corrected chi connectivity index (χ1v) is 9.33. The van der Waals surface area contributed by atoms with Crippen LogP contribution in [0.25, 0.3) is 11.3 Å². The van der Waals surface area contributed by atoms with Crippen LogP contribution in [0.5, 0.6) is 23.1 Å². The van der Waals surface area contributed by atoms with Crippen LogP contribution in [0.4, 0.5) is 5.69 Å². The molecule has 29 heavy (non-hydrogen) atoms. The lowest BCUT2D eigenvalue weighted by atomic mass is 9.74.